The lowest BCUT2D eigenvalue weighted by atomic mass is 10.1. The molecule has 0 radical (unpaired) electrons. The Kier molecular flexibility index (Phi) is 3.03. The van der Waals surface area contributed by atoms with Crippen LogP contribution in [0.5, 0.6) is 0 Å². The van der Waals surface area contributed by atoms with E-state index >= 15 is 0 Å². The van der Waals surface area contributed by atoms with Crippen molar-refractivity contribution in [2.45, 2.75) is 0 Å². The first-order chi connectivity index (χ1) is 10.9. The fourth-order valence-corrected chi connectivity index (χ4v) is 2.47. The van der Waals surface area contributed by atoms with Crippen LogP contribution in [0.25, 0.3) is 21.8 Å². The smallest absolute Gasteiger partial charge is 0.0965 e. The molecule has 0 saturated carbocycles. The Hall–Kier alpha value is -3.18. The van der Waals surface area contributed by atoms with Gasteiger partial charge in [-0.15, -0.1) is 0 Å². The van der Waals surface area contributed by atoms with Crippen LogP contribution in [-0.2, 0) is 0 Å². The third-order valence-electron chi connectivity index (χ3n) is 3.55. The molecule has 4 rings (SSSR count). The van der Waals surface area contributed by atoms with Crippen molar-refractivity contribution in [3.8, 4) is 11.8 Å². The van der Waals surface area contributed by atoms with Gasteiger partial charge in [0, 0.05) is 34.3 Å². The summed E-state index contributed by atoms with van der Waals surface area (Å²) < 4.78 is 0. The zero-order valence-corrected chi connectivity index (χ0v) is 11.8. The highest BCUT2D eigenvalue weighted by Crippen LogP contribution is 2.22. The molecule has 2 nitrogen and oxygen atoms in total. The number of nitrogens with zero attached hydrogens (tertiary/aromatic N) is 2. The number of rotatable bonds is 0. The number of benzene rings is 2. The van der Waals surface area contributed by atoms with Gasteiger partial charge in [-0.1, -0.05) is 48.2 Å². The van der Waals surface area contributed by atoms with Gasteiger partial charge in [-0.05, 0) is 24.3 Å². The fraction of sp³-hybridized carbons (Fsp3) is 0. The number of aromatic nitrogens is 2. The predicted octanol–water partition coefficient (Wildman–Crippen LogP) is 4.18. The van der Waals surface area contributed by atoms with Crippen LogP contribution >= 0.6 is 0 Å². The van der Waals surface area contributed by atoms with Crippen LogP contribution in [0.2, 0.25) is 0 Å². The average Bonchev–Trinajstić information content (AvgIpc) is 2.60. The maximum absolute atomic E-state index is 4.56. The zero-order chi connectivity index (χ0) is 14.8. The van der Waals surface area contributed by atoms with Crippen molar-refractivity contribution in [2.24, 2.45) is 0 Å². The van der Waals surface area contributed by atoms with Crippen molar-refractivity contribution in [3.05, 3.63) is 84.2 Å². The van der Waals surface area contributed by atoms with Gasteiger partial charge < -0.3 is 0 Å². The van der Waals surface area contributed by atoms with Crippen LogP contribution in [0.15, 0.2) is 73.1 Å². The van der Waals surface area contributed by atoms with E-state index in [1.807, 2.05) is 48.7 Å². The van der Waals surface area contributed by atoms with Gasteiger partial charge >= 0.3 is 0 Å². The van der Waals surface area contributed by atoms with E-state index in [9.17, 15) is 0 Å². The molecule has 102 valence electrons. The summed E-state index contributed by atoms with van der Waals surface area (Å²) in [6.07, 6.45) is 3.61. The highest BCUT2D eigenvalue weighted by atomic mass is 14.7. The first-order valence-corrected chi connectivity index (χ1v) is 7.11. The molecular formula is C20H12N2. The van der Waals surface area contributed by atoms with E-state index in [-0.39, 0.29) is 0 Å². The summed E-state index contributed by atoms with van der Waals surface area (Å²) in [5.74, 6) is 6.33. The zero-order valence-electron chi connectivity index (χ0n) is 11.8. The monoisotopic (exact) mass is 280 g/mol. The second kappa shape index (κ2) is 5.31. The van der Waals surface area contributed by atoms with Gasteiger partial charge in [-0.25, -0.2) is 0 Å². The van der Waals surface area contributed by atoms with E-state index in [1.165, 1.54) is 0 Å². The molecule has 0 saturated heterocycles. The summed E-state index contributed by atoms with van der Waals surface area (Å²) in [5.41, 5.74) is 3.76. The van der Waals surface area contributed by atoms with Crippen LogP contribution in [0.3, 0.4) is 0 Å². The van der Waals surface area contributed by atoms with Crippen LogP contribution in [-0.4, -0.2) is 9.97 Å². The quantitative estimate of drug-likeness (QED) is 0.356. The largest absolute Gasteiger partial charge is 0.254 e. The van der Waals surface area contributed by atoms with Crippen molar-refractivity contribution in [2.75, 3.05) is 0 Å². The third kappa shape index (κ3) is 2.30. The van der Waals surface area contributed by atoms with Gasteiger partial charge in [0.05, 0.1) is 11.0 Å². The number of fused-ring (bicyclic) bond motifs is 3. The minimum atomic E-state index is 0.909. The molecule has 2 heteroatoms. The summed E-state index contributed by atoms with van der Waals surface area (Å²) in [4.78, 5) is 8.99. The van der Waals surface area contributed by atoms with E-state index < -0.39 is 0 Å². The second-order valence-corrected chi connectivity index (χ2v) is 5.05. The number of hydrogen-bond acceptors (Lipinski definition) is 2. The Balaban J connectivity index is 1.82. The molecule has 0 aliphatic carbocycles. The van der Waals surface area contributed by atoms with E-state index in [0.717, 1.165) is 32.9 Å². The Morgan fingerprint density at radius 3 is 2.32 bits per heavy atom. The Labute approximate surface area is 128 Å². The van der Waals surface area contributed by atoms with Gasteiger partial charge in [-0.3, -0.25) is 9.97 Å². The lowest BCUT2D eigenvalue weighted by Crippen LogP contribution is -1.86. The van der Waals surface area contributed by atoms with Crippen LogP contribution < -0.4 is 0 Å². The topological polar surface area (TPSA) is 25.8 Å². The lowest BCUT2D eigenvalue weighted by molar-refractivity contribution is 1.36. The molecule has 0 fully saturated rings. The maximum Gasteiger partial charge on any atom is 0.0965 e. The number of hydrogen-bond donors (Lipinski definition) is 0. The highest BCUT2D eigenvalue weighted by Gasteiger charge is 2.02. The van der Waals surface area contributed by atoms with E-state index in [4.69, 9.17) is 0 Å². The van der Waals surface area contributed by atoms with Gasteiger partial charge in [0.1, 0.15) is 0 Å². The molecule has 0 amide bonds. The Bertz CT molecular complexity index is 1020. The van der Waals surface area contributed by atoms with Crippen molar-refractivity contribution >= 4 is 21.8 Å². The second-order valence-electron chi connectivity index (χ2n) is 5.05. The predicted molar refractivity (Wildman–Crippen MR) is 89.5 cm³/mol. The van der Waals surface area contributed by atoms with Crippen molar-refractivity contribution in [1.29, 1.82) is 0 Å². The van der Waals surface area contributed by atoms with E-state index in [0.29, 0.717) is 0 Å². The van der Waals surface area contributed by atoms with Crippen molar-refractivity contribution in [3.63, 3.8) is 0 Å². The summed E-state index contributed by atoms with van der Waals surface area (Å²) >= 11 is 0. The fourth-order valence-electron chi connectivity index (χ4n) is 2.47. The van der Waals surface area contributed by atoms with Crippen LogP contribution in [0.4, 0.5) is 0 Å². The minimum absolute atomic E-state index is 0.909. The molecule has 2 heterocycles. The molecule has 0 spiro atoms. The molecule has 4 aromatic rings. The van der Waals surface area contributed by atoms with Crippen LogP contribution in [0, 0.1) is 11.8 Å². The van der Waals surface area contributed by atoms with E-state index in [1.54, 1.807) is 6.20 Å². The molecule has 0 aliphatic rings. The molecular weight excluding hydrogens is 268 g/mol. The standard InChI is InChI=1S/C20H12N2/c1-2-5-15(6-3-1)8-9-16-13-18-11-10-17-7-4-12-21-19(17)20(18)22-14-16/h1-7,10-14H. The van der Waals surface area contributed by atoms with Crippen molar-refractivity contribution in [1.82, 2.24) is 9.97 Å². The molecule has 0 aliphatic heterocycles. The molecule has 22 heavy (non-hydrogen) atoms. The van der Waals surface area contributed by atoms with Gasteiger partial charge in [0.15, 0.2) is 0 Å². The van der Waals surface area contributed by atoms with Crippen molar-refractivity contribution < 1.29 is 0 Å². The van der Waals surface area contributed by atoms with E-state index in [2.05, 4.69) is 40.0 Å². The SMILES string of the molecule is C(#Cc1cnc2c(ccc3cccnc32)c1)c1ccccc1. The molecule has 2 aromatic heterocycles. The van der Waals surface area contributed by atoms with Gasteiger partial charge in [0.25, 0.3) is 0 Å². The summed E-state index contributed by atoms with van der Waals surface area (Å²) in [5, 5.41) is 2.16. The van der Waals surface area contributed by atoms with Gasteiger partial charge in [0.2, 0.25) is 0 Å². The summed E-state index contributed by atoms with van der Waals surface area (Å²) in [6.45, 7) is 0. The highest BCUT2D eigenvalue weighted by molar-refractivity contribution is 6.02. The lowest BCUT2D eigenvalue weighted by Gasteiger charge is -2.02. The molecule has 2 aromatic carbocycles. The first kappa shape index (κ1) is 12.6. The normalized spacial score (nSPS) is 10.4. The third-order valence-corrected chi connectivity index (χ3v) is 3.55. The Morgan fingerprint density at radius 2 is 1.41 bits per heavy atom. The number of pyridine rings is 2. The maximum atomic E-state index is 4.56. The minimum Gasteiger partial charge on any atom is -0.254 e. The molecule has 0 bridgehead atoms. The molecule has 0 unspecified atom stereocenters. The molecule has 0 atom stereocenters. The molecule has 0 N–H and O–H groups in total. The average molecular weight is 280 g/mol. The van der Waals surface area contributed by atoms with Gasteiger partial charge in [-0.2, -0.15) is 0 Å². The Morgan fingerprint density at radius 1 is 0.636 bits per heavy atom. The first-order valence-electron chi connectivity index (χ1n) is 7.11. The summed E-state index contributed by atoms with van der Waals surface area (Å²) in [6, 6.07) is 20.1. The van der Waals surface area contributed by atoms with Crippen LogP contribution in [0.1, 0.15) is 11.1 Å². The summed E-state index contributed by atoms with van der Waals surface area (Å²) in [7, 11) is 0.